The molecule has 1 heterocycles. The van der Waals surface area contributed by atoms with Crippen molar-refractivity contribution in [2.45, 2.75) is 10.8 Å². The minimum Gasteiger partial charge on any atom is -0.347 e. The Hall–Kier alpha value is -1.84. The molecule has 0 unspecified atom stereocenters. The van der Waals surface area contributed by atoms with Crippen molar-refractivity contribution in [3.05, 3.63) is 52.4 Å². The molecule has 5 nitrogen and oxygen atoms in total. The molecule has 3 N–H and O–H groups in total. The third-order valence-corrected chi connectivity index (χ3v) is 5.05. The average molecular weight is 332 g/mol. The smallest absolute Gasteiger partial charge is 0.251 e. The average Bonchev–Trinajstić information content (AvgIpc) is 2.88. The number of sulfonamides is 1. The van der Waals surface area contributed by atoms with E-state index in [-0.39, 0.29) is 16.3 Å². The number of thiophene rings is 1. The van der Waals surface area contributed by atoms with E-state index >= 15 is 0 Å². The van der Waals surface area contributed by atoms with Gasteiger partial charge in [-0.15, -0.1) is 11.3 Å². The van der Waals surface area contributed by atoms with Gasteiger partial charge in [0.2, 0.25) is 10.0 Å². The van der Waals surface area contributed by atoms with Gasteiger partial charge in [0.25, 0.3) is 5.91 Å². The Bertz CT molecular complexity index is 788. The van der Waals surface area contributed by atoms with Crippen LogP contribution in [0.2, 0.25) is 0 Å². The van der Waals surface area contributed by atoms with Gasteiger partial charge < -0.3 is 5.32 Å². The van der Waals surface area contributed by atoms with Crippen molar-refractivity contribution in [1.82, 2.24) is 5.32 Å². The van der Waals surface area contributed by atoms with E-state index in [2.05, 4.69) is 5.32 Å². The molecule has 0 radical (unpaired) electrons. The largest absolute Gasteiger partial charge is 0.347 e. The van der Waals surface area contributed by atoms with Crippen molar-refractivity contribution in [3.8, 4) is 0 Å². The van der Waals surface area contributed by atoms with Crippen molar-refractivity contribution in [1.29, 1.82) is 0 Å². The number of halogens is 2. The van der Waals surface area contributed by atoms with Crippen LogP contribution in [-0.4, -0.2) is 14.3 Å². The van der Waals surface area contributed by atoms with Gasteiger partial charge in [-0.1, -0.05) is 0 Å². The summed E-state index contributed by atoms with van der Waals surface area (Å²) in [6.45, 7) is 0.0536. The van der Waals surface area contributed by atoms with Gasteiger partial charge in [0.1, 0.15) is 4.21 Å². The van der Waals surface area contributed by atoms with Crippen molar-refractivity contribution in [2.24, 2.45) is 5.14 Å². The molecule has 0 spiro atoms. The second-order valence-electron chi connectivity index (χ2n) is 4.08. The van der Waals surface area contributed by atoms with E-state index in [1.807, 2.05) is 0 Å². The molecule has 112 valence electrons. The van der Waals surface area contributed by atoms with Crippen LogP contribution in [0.15, 0.2) is 34.5 Å². The summed E-state index contributed by atoms with van der Waals surface area (Å²) in [4.78, 5) is 12.3. The molecule has 0 bridgehead atoms. The van der Waals surface area contributed by atoms with Crippen molar-refractivity contribution < 1.29 is 22.0 Å². The quantitative estimate of drug-likeness (QED) is 0.891. The number of nitrogens with one attached hydrogen (secondary N) is 1. The third-order valence-electron chi connectivity index (χ3n) is 2.52. The van der Waals surface area contributed by atoms with Crippen LogP contribution in [0.1, 0.15) is 15.2 Å². The van der Waals surface area contributed by atoms with Crippen molar-refractivity contribution in [2.75, 3.05) is 0 Å². The van der Waals surface area contributed by atoms with Gasteiger partial charge in [0.05, 0.1) is 6.54 Å². The van der Waals surface area contributed by atoms with Gasteiger partial charge in [0.15, 0.2) is 11.6 Å². The number of benzene rings is 1. The summed E-state index contributed by atoms with van der Waals surface area (Å²) in [5, 5.41) is 7.44. The summed E-state index contributed by atoms with van der Waals surface area (Å²) in [7, 11) is -3.77. The molecular formula is C12H10F2N2O3S2. The lowest BCUT2D eigenvalue weighted by Crippen LogP contribution is -2.22. The number of amides is 1. The first-order valence-electron chi connectivity index (χ1n) is 5.62. The lowest BCUT2D eigenvalue weighted by molar-refractivity contribution is 0.0950. The molecule has 21 heavy (non-hydrogen) atoms. The maximum atomic E-state index is 13.0. The summed E-state index contributed by atoms with van der Waals surface area (Å²) in [5.41, 5.74) is -0.0304. The maximum Gasteiger partial charge on any atom is 0.251 e. The monoisotopic (exact) mass is 332 g/mol. The zero-order valence-electron chi connectivity index (χ0n) is 10.5. The van der Waals surface area contributed by atoms with Crippen molar-refractivity contribution in [3.63, 3.8) is 0 Å². The van der Waals surface area contributed by atoms with E-state index in [0.29, 0.717) is 4.88 Å². The molecule has 2 aromatic rings. The normalized spacial score (nSPS) is 11.4. The molecular weight excluding hydrogens is 322 g/mol. The molecule has 0 atom stereocenters. The zero-order chi connectivity index (χ0) is 15.6. The standard InChI is InChI=1S/C12H10F2N2O3S2/c13-9-3-1-7(5-10(9)14)12(17)16-6-8-2-4-11(20-8)21(15,18)19/h1-5H,6H2,(H,16,17)(H2,15,18,19). The molecule has 0 aliphatic rings. The number of hydrogen-bond acceptors (Lipinski definition) is 4. The molecule has 1 amide bonds. The van der Waals surface area contributed by atoms with E-state index in [1.54, 1.807) is 0 Å². The van der Waals surface area contributed by atoms with Crippen LogP contribution in [0.5, 0.6) is 0 Å². The molecule has 0 aliphatic heterocycles. The van der Waals surface area contributed by atoms with Gasteiger partial charge in [0, 0.05) is 10.4 Å². The highest BCUT2D eigenvalue weighted by Crippen LogP contribution is 2.20. The highest BCUT2D eigenvalue weighted by molar-refractivity contribution is 7.91. The van der Waals surface area contributed by atoms with Crippen LogP contribution >= 0.6 is 11.3 Å². The van der Waals surface area contributed by atoms with E-state index in [0.717, 1.165) is 29.5 Å². The van der Waals surface area contributed by atoms with Crippen LogP contribution in [0, 0.1) is 11.6 Å². The summed E-state index contributed by atoms with van der Waals surface area (Å²) in [5.74, 6) is -2.75. The van der Waals surface area contributed by atoms with E-state index < -0.39 is 27.6 Å². The Morgan fingerprint density at radius 3 is 2.48 bits per heavy atom. The predicted octanol–water partition coefficient (Wildman–Crippen LogP) is 1.60. The number of carbonyl (C=O) groups is 1. The highest BCUT2D eigenvalue weighted by Gasteiger charge is 2.13. The molecule has 0 saturated carbocycles. The minimum absolute atomic E-state index is 0.0143. The topological polar surface area (TPSA) is 89.3 Å². The first kappa shape index (κ1) is 15.5. The van der Waals surface area contributed by atoms with Crippen LogP contribution in [0.25, 0.3) is 0 Å². The Labute approximate surface area is 123 Å². The molecule has 1 aromatic carbocycles. The van der Waals surface area contributed by atoms with Gasteiger partial charge in [-0.25, -0.2) is 22.3 Å². The Kier molecular flexibility index (Phi) is 4.35. The first-order valence-corrected chi connectivity index (χ1v) is 7.98. The van der Waals surface area contributed by atoms with Gasteiger partial charge in [-0.3, -0.25) is 4.79 Å². The lowest BCUT2D eigenvalue weighted by atomic mass is 10.2. The van der Waals surface area contributed by atoms with Gasteiger partial charge >= 0.3 is 0 Å². The van der Waals surface area contributed by atoms with Crippen LogP contribution < -0.4 is 10.5 Å². The van der Waals surface area contributed by atoms with Crippen molar-refractivity contribution >= 4 is 27.3 Å². The number of rotatable bonds is 4. The van der Waals surface area contributed by atoms with Crippen LogP contribution in [0.3, 0.4) is 0 Å². The Balaban J connectivity index is 2.04. The molecule has 0 aliphatic carbocycles. The SMILES string of the molecule is NS(=O)(=O)c1ccc(CNC(=O)c2ccc(F)c(F)c2)s1. The molecule has 9 heteroatoms. The fourth-order valence-electron chi connectivity index (χ4n) is 1.51. The Morgan fingerprint density at radius 1 is 1.19 bits per heavy atom. The summed E-state index contributed by atoms with van der Waals surface area (Å²) < 4.78 is 47.9. The fraction of sp³-hybridized carbons (Fsp3) is 0.0833. The minimum atomic E-state index is -3.77. The van der Waals surface area contributed by atoms with E-state index in [4.69, 9.17) is 5.14 Å². The molecule has 2 rings (SSSR count). The number of primary sulfonamides is 1. The predicted molar refractivity (Wildman–Crippen MR) is 73.2 cm³/mol. The highest BCUT2D eigenvalue weighted by atomic mass is 32.2. The Morgan fingerprint density at radius 2 is 1.90 bits per heavy atom. The number of hydrogen-bond donors (Lipinski definition) is 2. The summed E-state index contributed by atoms with van der Waals surface area (Å²) >= 11 is 0.921. The number of nitrogens with two attached hydrogens (primary N) is 1. The van der Waals surface area contributed by atoms with E-state index in [1.165, 1.54) is 12.1 Å². The van der Waals surface area contributed by atoms with Crippen LogP contribution in [-0.2, 0) is 16.6 Å². The molecule has 0 saturated heterocycles. The summed E-state index contributed by atoms with van der Waals surface area (Å²) in [6.07, 6.45) is 0. The number of carbonyl (C=O) groups excluding carboxylic acids is 1. The lowest BCUT2D eigenvalue weighted by Gasteiger charge is -2.04. The van der Waals surface area contributed by atoms with E-state index in [9.17, 15) is 22.0 Å². The van der Waals surface area contributed by atoms with Gasteiger partial charge in [-0.05, 0) is 30.3 Å². The van der Waals surface area contributed by atoms with Crippen LogP contribution in [0.4, 0.5) is 8.78 Å². The first-order chi connectivity index (χ1) is 9.77. The summed E-state index contributed by atoms with van der Waals surface area (Å²) in [6, 6.07) is 5.64. The second-order valence-corrected chi connectivity index (χ2v) is 7.03. The third kappa shape index (κ3) is 3.84. The van der Waals surface area contributed by atoms with Gasteiger partial charge in [-0.2, -0.15) is 0 Å². The fourth-order valence-corrected chi connectivity index (χ4v) is 3.23. The zero-order valence-corrected chi connectivity index (χ0v) is 12.1. The maximum absolute atomic E-state index is 13.0. The molecule has 1 aromatic heterocycles. The second kappa shape index (κ2) is 5.88. The molecule has 0 fully saturated rings.